The van der Waals surface area contributed by atoms with Crippen molar-refractivity contribution in [2.45, 2.75) is 13.8 Å². The third kappa shape index (κ3) is 5.02. The van der Waals surface area contributed by atoms with Gasteiger partial charge < -0.3 is 14.8 Å². The maximum atomic E-state index is 11.4. The van der Waals surface area contributed by atoms with E-state index in [-0.39, 0.29) is 5.97 Å². The standard InChI is InChI=1S/C12H24N2O3/c1-12(2,11(15)16-3)10-13-4-5-14-6-8-17-9-7-14/h13H,4-10H2,1-3H3. The summed E-state index contributed by atoms with van der Waals surface area (Å²) in [6.07, 6.45) is 0. The third-order valence-corrected chi connectivity index (χ3v) is 3.01. The van der Waals surface area contributed by atoms with Crippen LogP contribution in [0.15, 0.2) is 0 Å². The number of esters is 1. The van der Waals surface area contributed by atoms with E-state index in [9.17, 15) is 4.79 Å². The van der Waals surface area contributed by atoms with Gasteiger partial charge in [0.15, 0.2) is 0 Å². The van der Waals surface area contributed by atoms with Crippen molar-refractivity contribution in [2.75, 3.05) is 53.0 Å². The Hall–Kier alpha value is -0.650. The summed E-state index contributed by atoms with van der Waals surface area (Å²) in [6, 6.07) is 0. The van der Waals surface area contributed by atoms with Crippen molar-refractivity contribution in [2.24, 2.45) is 5.41 Å². The van der Waals surface area contributed by atoms with Crippen LogP contribution in [0.4, 0.5) is 0 Å². The van der Waals surface area contributed by atoms with Gasteiger partial charge in [0.25, 0.3) is 0 Å². The number of hydrogen-bond donors (Lipinski definition) is 1. The molecule has 0 amide bonds. The largest absolute Gasteiger partial charge is 0.469 e. The van der Waals surface area contributed by atoms with E-state index >= 15 is 0 Å². The second kappa shape index (κ2) is 6.93. The molecule has 5 heteroatoms. The molecule has 1 saturated heterocycles. The average Bonchev–Trinajstić information content (AvgIpc) is 2.35. The first kappa shape index (κ1) is 14.4. The Morgan fingerprint density at radius 1 is 1.41 bits per heavy atom. The SMILES string of the molecule is COC(=O)C(C)(C)CNCCN1CCOCC1. The number of ether oxygens (including phenoxy) is 2. The fourth-order valence-electron chi connectivity index (χ4n) is 1.81. The maximum absolute atomic E-state index is 11.4. The van der Waals surface area contributed by atoms with Crippen LogP contribution in [0.1, 0.15) is 13.8 Å². The Bertz CT molecular complexity index is 238. The van der Waals surface area contributed by atoms with Gasteiger partial charge in [0.2, 0.25) is 0 Å². The zero-order valence-corrected chi connectivity index (χ0v) is 11.1. The molecule has 1 heterocycles. The third-order valence-electron chi connectivity index (χ3n) is 3.01. The molecule has 0 unspecified atom stereocenters. The van der Waals surface area contributed by atoms with Crippen LogP contribution in [0.5, 0.6) is 0 Å². The normalized spacial score (nSPS) is 18.1. The van der Waals surface area contributed by atoms with E-state index < -0.39 is 5.41 Å². The lowest BCUT2D eigenvalue weighted by Crippen LogP contribution is -2.43. The van der Waals surface area contributed by atoms with Gasteiger partial charge in [-0.2, -0.15) is 0 Å². The first-order valence-corrected chi connectivity index (χ1v) is 6.15. The maximum Gasteiger partial charge on any atom is 0.312 e. The van der Waals surface area contributed by atoms with Crippen LogP contribution in [0.2, 0.25) is 0 Å². The molecular weight excluding hydrogens is 220 g/mol. The Morgan fingerprint density at radius 3 is 2.65 bits per heavy atom. The monoisotopic (exact) mass is 244 g/mol. The molecular formula is C12H24N2O3. The molecule has 0 spiro atoms. The number of nitrogens with zero attached hydrogens (tertiary/aromatic N) is 1. The molecule has 1 rings (SSSR count). The van der Waals surface area contributed by atoms with Crippen LogP contribution < -0.4 is 5.32 Å². The van der Waals surface area contributed by atoms with Crippen molar-refractivity contribution >= 4 is 5.97 Å². The summed E-state index contributed by atoms with van der Waals surface area (Å²) in [7, 11) is 1.43. The van der Waals surface area contributed by atoms with E-state index in [1.165, 1.54) is 7.11 Å². The lowest BCUT2D eigenvalue weighted by atomic mass is 9.94. The molecule has 0 saturated carbocycles. The van der Waals surface area contributed by atoms with Crippen LogP contribution in [-0.4, -0.2) is 63.9 Å². The number of hydrogen-bond acceptors (Lipinski definition) is 5. The van der Waals surface area contributed by atoms with Crippen LogP contribution in [0.3, 0.4) is 0 Å². The van der Waals surface area contributed by atoms with Gasteiger partial charge in [-0.05, 0) is 13.8 Å². The van der Waals surface area contributed by atoms with Gasteiger partial charge in [-0.3, -0.25) is 9.69 Å². The summed E-state index contributed by atoms with van der Waals surface area (Å²) < 4.78 is 10.0. The number of morpholine rings is 1. The molecule has 17 heavy (non-hydrogen) atoms. The number of nitrogens with one attached hydrogen (secondary N) is 1. The molecule has 100 valence electrons. The fourth-order valence-corrected chi connectivity index (χ4v) is 1.81. The van der Waals surface area contributed by atoms with Crippen molar-refractivity contribution < 1.29 is 14.3 Å². The smallest absolute Gasteiger partial charge is 0.312 e. The number of methoxy groups -OCH3 is 1. The topological polar surface area (TPSA) is 50.8 Å². The molecule has 0 radical (unpaired) electrons. The van der Waals surface area contributed by atoms with E-state index in [0.29, 0.717) is 6.54 Å². The van der Waals surface area contributed by atoms with Crippen molar-refractivity contribution in [3.05, 3.63) is 0 Å². The molecule has 1 aliphatic heterocycles. The predicted octanol–water partition coefficient (Wildman–Crippen LogP) is 0.107. The van der Waals surface area contributed by atoms with Crippen molar-refractivity contribution in [3.8, 4) is 0 Å². The zero-order chi connectivity index (χ0) is 12.7. The van der Waals surface area contributed by atoms with Crippen molar-refractivity contribution in [1.29, 1.82) is 0 Å². The lowest BCUT2D eigenvalue weighted by Gasteiger charge is -2.27. The van der Waals surface area contributed by atoms with Gasteiger partial charge in [0.05, 0.1) is 25.7 Å². The summed E-state index contributed by atoms with van der Waals surface area (Å²) in [5, 5.41) is 3.30. The number of carbonyl (C=O) groups is 1. The molecule has 1 N–H and O–H groups in total. The second-order valence-electron chi connectivity index (χ2n) is 5.01. The highest BCUT2D eigenvalue weighted by Crippen LogP contribution is 2.14. The summed E-state index contributed by atoms with van der Waals surface area (Å²) in [5.41, 5.74) is -0.459. The summed E-state index contributed by atoms with van der Waals surface area (Å²) >= 11 is 0. The fraction of sp³-hybridized carbons (Fsp3) is 0.917. The lowest BCUT2D eigenvalue weighted by molar-refractivity contribution is -0.150. The first-order valence-electron chi connectivity index (χ1n) is 6.15. The van der Waals surface area contributed by atoms with Crippen LogP contribution in [0.25, 0.3) is 0 Å². The van der Waals surface area contributed by atoms with E-state index in [1.807, 2.05) is 13.8 Å². The highest BCUT2D eigenvalue weighted by molar-refractivity contribution is 5.76. The second-order valence-corrected chi connectivity index (χ2v) is 5.01. The summed E-state index contributed by atoms with van der Waals surface area (Å²) in [4.78, 5) is 13.8. The highest BCUT2D eigenvalue weighted by Gasteiger charge is 2.27. The molecule has 0 aliphatic carbocycles. The molecule has 1 fully saturated rings. The van der Waals surface area contributed by atoms with Crippen LogP contribution >= 0.6 is 0 Å². The predicted molar refractivity (Wildman–Crippen MR) is 65.9 cm³/mol. The molecule has 0 aromatic rings. The molecule has 1 aliphatic rings. The Labute approximate surface area is 103 Å². The summed E-state index contributed by atoms with van der Waals surface area (Å²) in [5.74, 6) is -0.170. The number of rotatable bonds is 6. The minimum atomic E-state index is -0.459. The first-order chi connectivity index (χ1) is 8.06. The van der Waals surface area contributed by atoms with Gasteiger partial charge in [-0.25, -0.2) is 0 Å². The average molecular weight is 244 g/mol. The number of carbonyl (C=O) groups excluding carboxylic acids is 1. The van der Waals surface area contributed by atoms with E-state index in [4.69, 9.17) is 9.47 Å². The quantitative estimate of drug-likeness (QED) is 0.531. The van der Waals surface area contributed by atoms with Crippen LogP contribution in [-0.2, 0) is 14.3 Å². The van der Waals surface area contributed by atoms with E-state index in [1.54, 1.807) is 0 Å². The minimum absolute atomic E-state index is 0.170. The molecule has 0 atom stereocenters. The van der Waals surface area contributed by atoms with Gasteiger partial charge in [-0.1, -0.05) is 0 Å². The van der Waals surface area contributed by atoms with Crippen molar-refractivity contribution in [3.63, 3.8) is 0 Å². The molecule has 0 aromatic carbocycles. The Morgan fingerprint density at radius 2 is 2.06 bits per heavy atom. The summed E-state index contributed by atoms with van der Waals surface area (Å²) in [6.45, 7) is 9.97. The Balaban J connectivity index is 2.12. The minimum Gasteiger partial charge on any atom is -0.469 e. The van der Waals surface area contributed by atoms with Crippen LogP contribution in [0, 0.1) is 5.41 Å². The molecule has 0 aromatic heterocycles. The van der Waals surface area contributed by atoms with Gasteiger partial charge in [0, 0.05) is 32.7 Å². The van der Waals surface area contributed by atoms with Gasteiger partial charge >= 0.3 is 5.97 Å². The van der Waals surface area contributed by atoms with Crippen molar-refractivity contribution in [1.82, 2.24) is 10.2 Å². The molecule has 0 bridgehead atoms. The molecule has 5 nitrogen and oxygen atoms in total. The highest BCUT2D eigenvalue weighted by atomic mass is 16.5. The Kier molecular flexibility index (Phi) is 5.88. The van der Waals surface area contributed by atoms with Gasteiger partial charge in [0.1, 0.15) is 0 Å². The van der Waals surface area contributed by atoms with E-state index in [2.05, 4.69) is 10.2 Å². The van der Waals surface area contributed by atoms with Gasteiger partial charge in [-0.15, -0.1) is 0 Å². The zero-order valence-electron chi connectivity index (χ0n) is 11.1. The van der Waals surface area contributed by atoms with E-state index in [0.717, 1.165) is 39.4 Å².